The van der Waals surface area contributed by atoms with Gasteiger partial charge in [0.05, 0.1) is 25.8 Å². The third-order valence-electron chi connectivity index (χ3n) is 9.68. The van der Waals surface area contributed by atoms with Gasteiger partial charge in [0.2, 0.25) is 11.7 Å². The van der Waals surface area contributed by atoms with Gasteiger partial charge >= 0.3 is 0 Å². The Morgan fingerprint density at radius 2 is 1.95 bits per heavy atom. The number of rotatable bonds is 6. The number of hydrazine groups is 1. The van der Waals surface area contributed by atoms with Crippen LogP contribution in [0.25, 0.3) is 0 Å². The first-order chi connectivity index (χ1) is 18.6. The molecule has 2 saturated carbocycles. The van der Waals surface area contributed by atoms with Crippen LogP contribution in [0.2, 0.25) is 0 Å². The number of carbonyl (C=O) groups is 1. The van der Waals surface area contributed by atoms with Gasteiger partial charge in [0.15, 0.2) is 11.6 Å². The molecule has 10 nitrogen and oxygen atoms in total. The van der Waals surface area contributed by atoms with Crippen LogP contribution in [0.3, 0.4) is 0 Å². The van der Waals surface area contributed by atoms with Crippen LogP contribution < -0.4 is 35.9 Å². The van der Waals surface area contributed by atoms with Gasteiger partial charge in [0, 0.05) is 30.7 Å². The minimum Gasteiger partial charge on any atom is -0.497 e. The van der Waals surface area contributed by atoms with Crippen molar-refractivity contribution in [2.75, 3.05) is 42.8 Å². The maximum Gasteiger partial charge on any atom is 0.235 e. The summed E-state index contributed by atoms with van der Waals surface area (Å²) in [6, 6.07) is 6.29. The van der Waals surface area contributed by atoms with Gasteiger partial charge in [-0.25, -0.2) is 15.4 Å². The molecule has 4 fully saturated rings. The van der Waals surface area contributed by atoms with Crippen molar-refractivity contribution in [1.82, 2.24) is 20.8 Å². The zero-order valence-corrected chi connectivity index (χ0v) is 22.1. The van der Waals surface area contributed by atoms with Gasteiger partial charge < -0.3 is 25.0 Å². The summed E-state index contributed by atoms with van der Waals surface area (Å²) in [5, 5.41) is 6.76. The molecule has 4 unspecified atom stereocenters. The fourth-order valence-electron chi connectivity index (χ4n) is 7.65. The lowest BCUT2D eigenvalue weighted by Crippen LogP contribution is -2.39. The van der Waals surface area contributed by atoms with Crippen LogP contribution in [0.1, 0.15) is 50.5 Å². The van der Waals surface area contributed by atoms with Crippen LogP contribution in [0.15, 0.2) is 24.5 Å². The van der Waals surface area contributed by atoms with Crippen LogP contribution in [-0.4, -0.2) is 55.4 Å². The Labute approximate surface area is 223 Å². The van der Waals surface area contributed by atoms with E-state index in [1.165, 1.54) is 19.3 Å². The van der Waals surface area contributed by atoms with E-state index >= 15 is 0 Å². The number of hydrogen-bond acceptors (Lipinski definition) is 9. The molecule has 202 valence electrons. The van der Waals surface area contributed by atoms with E-state index < -0.39 is 0 Å². The van der Waals surface area contributed by atoms with Gasteiger partial charge in [-0.15, -0.1) is 0 Å². The molecule has 4 N–H and O–H groups in total. The average Bonchev–Trinajstić information content (AvgIpc) is 3.51. The van der Waals surface area contributed by atoms with Crippen molar-refractivity contribution in [2.45, 2.75) is 62.6 Å². The summed E-state index contributed by atoms with van der Waals surface area (Å²) < 4.78 is 11.3. The lowest BCUT2D eigenvalue weighted by Gasteiger charge is -2.34. The summed E-state index contributed by atoms with van der Waals surface area (Å²) in [5.41, 5.74) is 8.72. The number of ether oxygens (including phenoxy) is 2. The molecular weight excluding hydrogens is 482 g/mol. The smallest absolute Gasteiger partial charge is 0.235 e. The highest BCUT2D eigenvalue weighted by Gasteiger charge is 2.67. The molecule has 0 radical (unpaired) electrons. The number of piperidine rings is 1. The van der Waals surface area contributed by atoms with E-state index in [2.05, 4.69) is 42.4 Å². The quantitative estimate of drug-likeness (QED) is 0.457. The van der Waals surface area contributed by atoms with Gasteiger partial charge in [-0.2, -0.15) is 0 Å². The van der Waals surface area contributed by atoms with E-state index in [-0.39, 0.29) is 17.5 Å². The molecule has 1 amide bonds. The fourth-order valence-corrected chi connectivity index (χ4v) is 7.65. The highest BCUT2D eigenvalue weighted by Crippen LogP contribution is 2.65. The predicted molar refractivity (Wildman–Crippen MR) is 144 cm³/mol. The van der Waals surface area contributed by atoms with Crippen LogP contribution in [0, 0.1) is 17.8 Å². The van der Waals surface area contributed by atoms with E-state index in [1.54, 1.807) is 20.5 Å². The number of anilines is 3. The first-order valence-corrected chi connectivity index (χ1v) is 14.0. The lowest BCUT2D eigenvalue weighted by molar-refractivity contribution is -0.118. The maximum atomic E-state index is 13.1. The highest BCUT2D eigenvalue weighted by atomic mass is 16.5. The van der Waals surface area contributed by atoms with E-state index in [0.717, 1.165) is 73.2 Å². The van der Waals surface area contributed by atoms with E-state index in [1.807, 2.05) is 12.1 Å². The van der Waals surface area contributed by atoms with Gasteiger partial charge in [-0.05, 0) is 80.5 Å². The van der Waals surface area contributed by atoms with Crippen molar-refractivity contribution in [3.05, 3.63) is 30.1 Å². The molecule has 38 heavy (non-hydrogen) atoms. The minimum absolute atomic E-state index is 0.0480. The molecule has 3 aliphatic heterocycles. The molecule has 1 aromatic carbocycles. The number of nitrogens with zero attached hydrogens (tertiary/aromatic N) is 3. The Bertz CT molecular complexity index is 1230. The van der Waals surface area contributed by atoms with Gasteiger partial charge in [0.1, 0.15) is 12.1 Å². The molecule has 4 heterocycles. The number of amides is 1. The zero-order chi connectivity index (χ0) is 25.9. The fraction of sp³-hybridized carbons (Fsp3) is 0.607. The number of fused-ring (bicyclic) bond motifs is 3. The Kier molecular flexibility index (Phi) is 5.85. The number of hydrogen-bond donors (Lipinski definition) is 4. The largest absolute Gasteiger partial charge is 0.497 e. The van der Waals surface area contributed by atoms with Crippen molar-refractivity contribution >= 4 is 23.2 Å². The number of nitrogens with one attached hydrogen (secondary N) is 4. The molecule has 5 aliphatic rings. The van der Waals surface area contributed by atoms with E-state index in [0.29, 0.717) is 23.8 Å². The third kappa shape index (κ3) is 3.71. The SMILES string of the molecule is COc1ccc2c(c1)[C@]1(C[C@H]1C1CCC3C(C1)NNC3Nc1ncnc(N3CCCCC3)c1OC)C(=O)N2. The van der Waals surface area contributed by atoms with Crippen molar-refractivity contribution in [3.8, 4) is 11.5 Å². The Morgan fingerprint density at radius 3 is 2.76 bits per heavy atom. The van der Waals surface area contributed by atoms with Crippen molar-refractivity contribution in [2.24, 2.45) is 17.8 Å². The topological polar surface area (TPSA) is 113 Å². The predicted octanol–water partition coefficient (Wildman–Crippen LogP) is 3.02. The summed E-state index contributed by atoms with van der Waals surface area (Å²) in [7, 11) is 3.38. The molecule has 7 rings (SSSR count). The highest BCUT2D eigenvalue weighted by molar-refractivity contribution is 6.09. The monoisotopic (exact) mass is 519 g/mol. The summed E-state index contributed by atoms with van der Waals surface area (Å²) >= 11 is 0. The molecule has 10 heteroatoms. The van der Waals surface area contributed by atoms with Crippen LogP contribution in [0.4, 0.5) is 17.3 Å². The summed E-state index contributed by atoms with van der Waals surface area (Å²) in [6.07, 6.45) is 9.48. The average molecular weight is 520 g/mol. The van der Waals surface area contributed by atoms with Crippen LogP contribution in [0.5, 0.6) is 11.5 Å². The Morgan fingerprint density at radius 1 is 1.08 bits per heavy atom. The molecule has 2 saturated heterocycles. The summed E-state index contributed by atoms with van der Waals surface area (Å²) in [4.78, 5) is 24.6. The first-order valence-electron chi connectivity index (χ1n) is 14.0. The number of aromatic nitrogens is 2. The maximum absolute atomic E-state index is 13.1. The zero-order valence-electron chi connectivity index (χ0n) is 22.1. The third-order valence-corrected chi connectivity index (χ3v) is 9.68. The van der Waals surface area contributed by atoms with Gasteiger partial charge in [0.25, 0.3) is 0 Å². The number of benzene rings is 1. The van der Waals surface area contributed by atoms with Gasteiger partial charge in [-0.1, -0.05) is 0 Å². The Hall–Kier alpha value is -3.11. The molecule has 1 aromatic heterocycles. The summed E-state index contributed by atoms with van der Waals surface area (Å²) in [5.74, 6) is 4.60. The first kappa shape index (κ1) is 24.0. The van der Waals surface area contributed by atoms with Crippen molar-refractivity contribution in [3.63, 3.8) is 0 Å². The van der Waals surface area contributed by atoms with E-state index in [9.17, 15) is 4.79 Å². The number of carbonyl (C=O) groups excluding carboxylic acids is 1. The van der Waals surface area contributed by atoms with Gasteiger partial charge in [-0.3, -0.25) is 10.2 Å². The standard InChI is InChI=1S/C28H37N7O3/c1-37-17-7-9-21-19(13-17)28(27(36)31-21)14-20(28)16-6-8-18-22(12-16)33-34-24(18)32-25-23(38-2)26(30-15-29-25)35-10-4-3-5-11-35/h7,9,13,15-16,18,20,22,24,33-34H,3-6,8,10-12,14H2,1-2H3,(H,31,36)(H,29,30,32)/t16?,18?,20-,22?,24?,28-/m0/s1. The molecule has 0 bridgehead atoms. The molecule has 2 aromatic rings. The second-order valence-electron chi connectivity index (χ2n) is 11.5. The van der Waals surface area contributed by atoms with Crippen LogP contribution in [-0.2, 0) is 10.2 Å². The Balaban J connectivity index is 1.04. The lowest BCUT2D eigenvalue weighted by atomic mass is 9.74. The molecular formula is C28H37N7O3. The molecule has 2 aliphatic carbocycles. The van der Waals surface area contributed by atoms with Crippen LogP contribution >= 0.6 is 0 Å². The van der Waals surface area contributed by atoms with E-state index in [4.69, 9.17) is 9.47 Å². The molecule has 6 atom stereocenters. The molecule has 1 spiro atoms. The summed E-state index contributed by atoms with van der Waals surface area (Å²) in [6.45, 7) is 2.00. The number of methoxy groups -OCH3 is 2. The normalized spacial score (nSPS) is 33.5. The minimum atomic E-state index is -0.385. The van der Waals surface area contributed by atoms with Crippen molar-refractivity contribution in [1.29, 1.82) is 0 Å². The second kappa shape index (κ2) is 9.27. The van der Waals surface area contributed by atoms with Crippen molar-refractivity contribution < 1.29 is 14.3 Å². The second-order valence-corrected chi connectivity index (χ2v) is 11.5.